The van der Waals surface area contributed by atoms with Crippen molar-refractivity contribution in [3.63, 3.8) is 0 Å². The smallest absolute Gasteiger partial charge is 0.276 e. The molecule has 0 saturated carbocycles. The number of hydrogen-bond acceptors (Lipinski definition) is 11. The van der Waals surface area contributed by atoms with Crippen molar-refractivity contribution in [1.82, 2.24) is 20.0 Å². The zero-order chi connectivity index (χ0) is 30.5. The number of rotatable bonds is 5. The van der Waals surface area contributed by atoms with Crippen molar-refractivity contribution >= 4 is 55.4 Å². The second-order valence-corrected chi connectivity index (χ2v) is 11.0. The van der Waals surface area contributed by atoms with Crippen LogP contribution in [-0.2, 0) is 4.74 Å². The molecule has 1 fully saturated rings. The molecule has 2 aliphatic heterocycles. The summed E-state index contributed by atoms with van der Waals surface area (Å²) < 4.78 is 7.54. The molecule has 14 heteroatoms. The molecule has 2 aromatic heterocycles. The normalized spacial score (nSPS) is 24.4. The molecule has 5 aromatic rings. The number of ether oxygens (including phenoxy) is 1. The minimum Gasteiger partial charge on any atom is -0.508 e. The second-order valence-electron chi connectivity index (χ2n) is 11.0. The van der Waals surface area contributed by atoms with Crippen LogP contribution >= 0.6 is 0 Å². The Morgan fingerprint density at radius 2 is 1.51 bits per heavy atom. The molecule has 2 amide bonds. The lowest BCUT2D eigenvalue weighted by atomic mass is 9.96. The standard InChI is InChI=1S/C29H28N4O10/c1-10-24(38)25(39)26(40)29(43-10)32-17-7-13(37)3-5-15(17)19-21-20(27(41)33(28(21)42)31-11(8-34)9-35)18-14-4-2-12(36)6-16(14)30-22(18)23(19)32/h2-7,10-11,24-26,29-31,34-40H,8-9H2,1H3/t10-,24-,25+,26-,29-/m1/s1. The molecule has 14 nitrogen and oxygen atoms in total. The van der Waals surface area contributed by atoms with Gasteiger partial charge in [-0.25, -0.2) is 10.4 Å². The fraction of sp³-hybridized carbons (Fsp3) is 0.310. The molecule has 43 heavy (non-hydrogen) atoms. The summed E-state index contributed by atoms with van der Waals surface area (Å²) >= 11 is 0. The lowest BCUT2D eigenvalue weighted by Crippen LogP contribution is -2.54. The molecule has 5 atom stereocenters. The number of phenols is 2. The summed E-state index contributed by atoms with van der Waals surface area (Å²) in [5.74, 6) is -1.72. The lowest BCUT2D eigenvalue weighted by molar-refractivity contribution is -0.238. The number of aliphatic hydroxyl groups is 5. The first-order valence-corrected chi connectivity index (χ1v) is 13.6. The fourth-order valence-corrected chi connectivity index (χ4v) is 6.36. The molecular formula is C29H28N4O10. The highest BCUT2D eigenvalue weighted by molar-refractivity contribution is 6.39. The number of benzene rings is 3. The number of amides is 2. The van der Waals surface area contributed by atoms with Crippen molar-refractivity contribution < 1.29 is 50.1 Å². The van der Waals surface area contributed by atoms with Crippen LogP contribution < -0.4 is 5.43 Å². The van der Waals surface area contributed by atoms with Gasteiger partial charge in [-0.15, -0.1) is 0 Å². The highest BCUT2D eigenvalue weighted by Gasteiger charge is 2.46. The zero-order valence-corrected chi connectivity index (χ0v) is 22.6. The lowest BCUT2D eigenvalue weighted by Gasteiger charge is -2.40. The Labute approximate surface area is 241 Å². The molecule has 0 spiro atoms. The van der Waals surface area contributed by atoms with Crippen molar-refractivity contribution in [3.05, 3.63) is 47.5 Å². The number of fused-ring (bicyclic) bond motifs is 10. The van der Waals surface area contributed by atoms with Gasteiger partial charge in [0.1, 0.15) is 29.8 Å². The van der Waals surface area contributed by atoms with Crippen LogP contribution in [0.2, 0.25) is 0 Å². The topological polar surface area (TPSA) is 221 Å². The van der Waals surface area contributed by atoms with Crippen LogP contribution in [0, 0.1) is 0 Å². The molecule has 4 heterocycles. The van der Waals surface area contributed by atoms with Crippen LogP contribution in [0.15, 0.2) is 36.4 Å². The van der Waals surface area contributed by atoms with E-state index in [4.69, 9.17) is 4.74 Å². The van der Waals surface area contributed by atoms with Crippen LogP contribution in [0.1, 0.15) is 33.9 Å². The number of carbonyl (C=O) groups is 2. The Hall–Kier alpha value is -4.28. The van der Waals surface area contributed by atoms with Gasteiger partial charge in [-0.05, 0) is 31.2 Å². The number of aliphatic hydroxyl groups excluding tert-OH is 5. The van der Waals surface area contributed by atoms with E-state index in [9.17, 15) is 45.3 Å². The van der Waals surface area contributed by atoms with E-state index in [1.807, 2.05) is 0 Å². The van der Waals surface area contributed by atoms with E-state index in [0.717, 1.165) is 5.01 Å². The van der Waals surface area contributed by atoms with Crippen molar-refractivity contribution in [2.45, 2.75) is 43.6 Å². The van der Waals surface area contributed by atoms with E-state index in [1.54, 1.807) is 12.1 Å². The summed E-state index contributed by atoms with van der Waals surface area (Å²) in [5.41, 5.74) is 3.94. The number of hydrogen-bond donors (Lipinski definition) is 9. The first-order chi connectivity index (χ1) is 20.6. The summed E-state index contributed by atoms with van der Waals surface area (Å²) in [6, 6.07) is 7.78. The van der Waals surface area contributed by atoms with Crippen LogP contribution in [0.25, 0.3) is 43.6 Å². The van der Waals surface area contributed by atoms with Crippen molar-refractivity contribution in [3.8, 4) is 11.5 Å². The molecule has 3 aromatic carbocycles. The zero-order valence-electron chi connectivity index (χ0n) is 22.6. The number of aromatic amines is 1. The molecule has 9 N–H and O–H groups in total. The van der Waals surface area contributed by atoms with Crippen LogP contribution in [0.5, 0.6) is 11.5 Å². The van der Waals surface area contributed by atoms with E-state index >= 15 is 0 Å². The van der Waals surface area contributed by atoms with Gasteiger partial charge in [0, 0.05) is 33.7 Å². The van der Waals surface area contributed by atoms with Crippen LogP contribution in [0.4, 0.5) is 0 Å². The monoisotopic (exact) mass is 592 g/mol. The van der Waals surface area contributed by atoms with Crippen molar-refractivity contribution in [2.75, 3.05) is 13.2 Å². The van der Waals surface area contributed by atoms with Crippen molar-refractivity contribution in [2.24, 2.45) is 0 Å². The maximum absolute atomic E-state index is 14.1. The van der Waals surface area contributed by atoms with Crippen LogP contribution in [-0.4, -0.2) is 106 Å². The molecule has 7 rings (SSSR count). The quantitative estimate of drug-likeness (QED) is 0.126. The third kappa shape index (κ3) is 3.72. The summed E-state index contributed by atoms with van der Waals surface area (Å²) in [6.07, 6.45) is -6.87. The first kappa shape index (κ1) is 27.5. The van der Waals surface area contributed by atoms with Gasteiger partial charge in [0.2, 0.25) is 0 Å². The van der Waals surface area contributed by atoms with Gasteiger partial charge >= 0.3 is 0 Å². The SMILES string of the molecule is C[C@H]1O[C@@H](n2c3cc(O)ccc3c3c4c(c5c6ccc(O)cc6[nH]c5c32)C(=O)N(NC(CO)CO)C4=O)[C@H](O)[C@@H](O)[C@@H]1O. The summed E-state index contributed by atoms with van der Waals surface area (Å²) in [7, 11) is 0. The minimum atomic E-state index is -1.64. The van der Waals surface area contributed by atoms with E-state index < -0.39 is 61.7 Å². The average Bonchev–Trinajstić information content (AvgIpc) is 3.59. The molecule has 0 bridgehead atoms. The number of hydrazine groups is 1. The number of nitrogens with one attached hydrogen (secondary N) is 2. The largest absolute Gasteiger partial charge is 0.508 e. The Balaban J connectivity index is 1.66. The molecule has 0 aliphatic carbocycles. The van der Waals surface area contributed by atoms with Gasteiger partial charge in [0.25, 0.3) is 11.8 Å². The predicted octanol–water partition coefficient (Wildman–Crippen LogP) is 0.294. The highest BCUT2D eigenvalue weighted by atomic mass is 16.5. The van der Waals surface area contributed by atoms with Gasteiger partial charge in [-0.2, -0.15) is 0 Å². The van der Waals surface area contributed by atoms with Gasteiger partial charge in [-0.1, -0.05) is 0 Å². The Morgan fingerprint density at radius 3 is 2.19 bits per heavy atom. The minimum absolute atomic E-state index is 0.0167. The van der Waals surface area contributed by atoms with Gasteiger partial charge in [0.05, 0.1) is 58.6 Å². The second kappa shape index (κ2) is 9.62. The maximum atomic E-state index is 14.1. The Morgan fingerprint density at radius 1 is 0.884 bits per heavy atom. The van der Waals surface area contributed by atoms with Crippen molar-refractivity contribution in [1.29, 1.82) is 0 Å². The Bertz CT molecular complexity index is 1980. The maximum Gasteiger partial charge on any atom is 0.276 e. The number of aromatic hydroxyl groups is 2. The number of carbonyl (C=O) groups excluding carboxylic acids is 2. The van der Waals surface area contributed by atoms with Gasteiger partial charge in [0.15, 0.2) is 6.23 Å². The predicted molar refractivity (Wildman–Crippen MR) is 151 cm³/mol. The van der Waals surface area contributed by atoms with E-state index in [2.05, 4.69) is 10.4 Å². The Kier molecular flexibility index (Phi) is 6.16. The number of H-pyrrole nitrogens is 1. The molecule has 0 unspecified atom stereocenters. The highest BCUT2D eigenvalue weighted by Crippen LogP contribution is 2.47. The molecular weight excluding hydrogens is 564 g/mol. The molecule has 1 saturated heterocycles. The number of nitrogens with zero attached hydrogens (tertiary/aromatic N) is 2. The summed E-state index contributed by atoms with van der Waals surface area (Å²) in [4.78, 5) is 31.3. The van der Waals surface area contributed by atoms with Gasteiger partial charge in [-0.3, -0.25) is 9.59 Å². The third-order valence-electron chi connectivity index (χ3n) is 8.42. The third-order valence-corrected chi connectivity index (χ3v) is 8.42. The molecule has 2 aliphatic rings. The number of aromatic nitrogens is 2. The van der Waals surface area contributed by atoms with E-state index in [-0.39, 0.29) is 33.5 Å². The van der Waals surface area contributed by atoms with Crippen LogP contribution in [0.3, 0.4) is 0 Å². The van der Waals surface area contributed by atoms with Gasteiger partial charge < -0.3 is 50.0 Å². The summed E-state index contributed by atoms with van der Waals surface area (Å²) in [6.45, 7) is 0.396. The molecule has 0 radical (unpaired) electrons. The number of phenolic OH excluding ortho intramolecular Hbond substituents is 2. The fourth-order valence-electron chi connectivity index (χ4n) is 6.36. The molecule has 224 valence electrons. The first-order valence-electron chi connectivity index (χ1n) is 13.6. The average molecular weight is 593 g/mol. The van der Waals surface area contributed by atoms with E-state index in [1.165, 1.54) is 35.8 Å². The number of imide groups is 1. The summed E-state index contributed by atoms with van der Waals surface area (Å²) in [5, 5.41) is 74.5. The van der Waals surface area contributed by atoms with E-state index in [0.29, 0.717) is 32.7 Å².